The minimum atomic E-state index is -5.08. The van der Waals surface area contributed by atoms with Crippen molar-refractivity contribution in [3.8, 4) is 0 Å². The van der Waals surface area contributed by atoms with Crippen LogP contribution in [0.15, 0.2) is 29.9 Å². The largest absolute Gasteiger partial charge is 0.490 e. The zero-order valence-electron chi connectivity index (χ0n) is 16.2. The number of carbonyl (C=O) groups excluding carboxylic acids is 1. The average molecular weight is 442 g/mol. The van der Waals surface area contributed by atoms with Gasteiger partial charge in [0, 0.05) is 37.1 Å². The second kappa shape index (κ2) is 9.09. The Morgan fingerprint density at radius 3 is 2.63 bits per heavy atom. The number of aromatic nitrogens is 2. The van der Waals surface area contributed by atoms with Gasteiger partial charge in [0.15, 0.2) is 0 Å². The molecule has 2 aromatic rings. The smallest absolute Gasteiger partial charge is 0.475 e. The van der Waals surface area contributed by atoms with Gasteiger partial charge in [0.25, 0.3) is 0 Å². The number of likely N-dealkylation sites (tertiary alicyclic amines) is 1. The number of aliphatic carboxylic acids is 1. The van der Waals surface area contributed by atoms with E-state index in [1.54, 1.807) is 23.7 Å². The second-order valence-electron chi connectivity index (χ2n) is 7.07. The fraction of sp³-hybridized carbons (Fsp3) is 0.474. The molecule has 2 aliphatic heterocycles. The van der Waals surface area contributed by atoms with Gasteiger partial charge in [-0.15, -0.1) is 11.3 Å². The first kappa shape index (κ1) is 22.2. The molecule has 30 heavy (non-hydrogen) atoms. The van der Waals surface area contributed by atoms with E-state index < -0.39 is 12.1 Å². The fourth-order valence-electron chi connectivity index (χ4n) is 3.87. The zero-order valence-corrected chi connectivity index (χ0v) is 17.0. The normalized spacial score (nSPS) is 21.7. The molecule has 11 heteroatoms. The van der Waals surface area contributed by atoms with Crippen LogP contribution < -0.4 is 4.90 Å². The number of hydrogen-bond acceptors (Lipinski definition) is 6. The molecular formula is C19H21F3N4O3S. The quantitative estimate of drug-likeness (QED) is 0.785. The molecule has 2 aliphatic rings. The van der Waals surface area contributed by atoms with Crippen LogP contribution in [-0.2, 0) is 16.1 Å². The summed E-state index contributed by atoms with van der Waals surface area (Å²) in [5.74, 6) is -2.53. The van der Waals surface area contributed by atoms with Crippen LogP contribution in [0.2, 0.25) is 0 Å². The molecule has 162 valence electrons. The Bertz CT molecular complexity index is 891. The summed E-state index contributed by atoms with van der Waals surface area (Å²) >= 11 is 1.70. The molecule has 1 amide bonds. The number of carboxylic acid groups (broad SMARTS) is 1. The van der Waals surface area contributed by atoms with E-state index in [-0.39, 0.29) is 11.9 Å². The summed E-state index contributed by atoms with van der Waals surface area (Å²) in [4.78, 5) is 34.6. The first-order valence-electron chi connectivity index (χ1n) is 9.34. The molecule has 2 aromatic heterocycles. The summed E-state index contributed by atoms with van der Waals surface area (Å²) < 4.78 is 31.7. The van der Waals surface area contributed by atoms with Gasteiger partial charge in [-0.05, 0) is 31.9 Å². The Kier molecular flexibility index (Phi) is 6.71. The number of amides is 1. The average Bonchev–Trinajstić information content (AvgIpc) is 3.28. The van der Waals surface area contributed by atoms with Crippen molar-refractivity contribution in [2.75, 3.05) is 11.4 Å². The van der Waals surface area contributed by atoms with Crippen LogP contribution in [0.1, 0.15) is 30.0 Å². The van der Waals surface area contributed by atoms with Gasteiger partial charge in [-0.25, -0.2) is 9.78 Å². The number of pyridine rings is 1. The van der Waals surface area contributed by atoms with Crippen molar-refractivity contribution in [1.82, 2.24) is 14.9 Å². The van der Waals surface area contributed by atoms with Gasteiger partial charge in [0.05, 0.1) is 28.6 Å². The van der Waals surface area contributed by atoms with E-state index in [0.29, 0.717) is 12.5 Å². The molecule has 0 unspecified atom stereocenters. The van der Waals surface area contributed by atoms with Crippen molar-refractivity contribution < 1.29 is 27.9 Å². The number of halogens is 3. The first-order valence-corrected chi connectivity index (χ1v) is 10.2. The summed E-state index contributed by atoms with van der Waals surface area (Å²) in [6.07, 6.45) is 1.05. The van der Waals surface area contributed by atoms with Crippen molar-refractivity contribution in [2.45, 2.75) is 51.0 Å². The molecular weight excluding hydrogens is 421 g/mol. The Balaban J connectivity index is 0.000000318. The summed E-state index contributed by atoms with van der Waals surface area (Å²) in [5.41, 5.74) is 2.08. The standard InChI is InChI=1S/C17H20N4OS.C2HF3O2/c1-12-19-13(11-23-12)10-20-8-6-16-15(20)4-5-17(22)21(16)14-3-2-7-18-9-14;3-2(4,5)1(6)7/h2-3,7,9,11,15-16H,4-6,8,10H2,1H3;(H,6,7)/t15-,16-;/m0./s1. The molecule has 0 bridgehead atoms. The van der Waals surface area contributed by atoms with E-state index in [1.807, 2.05) is 24.0 Å². The van der Waals surface area contributed by atoms with Crippen molar-refractivity contribution in [2.24, 2.45) is 0 Å². The maximum absolute atomic E-state index is 12.5. The Morgan fingerprint density at radius 2 is 2.07 bits per heavy atom. The van der Waals surface area contributed by atoms with Crippen LogP contribution in [0.4, 0.5) is 18.9 Å². The van der Waals surface area contributed by atoms with Gasteiger partial charge in [-0.3, -0.25) is 14.7 Å². The van der Waals surface area contributed by atoms with Crippen molar-refractivity contribution in [1.29, 1.82) is 0 Å². The van der Waals surface area contributed by atoms with Crippen molar-refractivity contribution in [3.05, 3.63) is 40.6 Å². The van der Waals surface area contributed by atoms with Gasteiger partial charge >= 0.3 is 12.1 Å². The maximum atomic E-state index is 12.5. The number of alkyl halides is 3. The number of aryl methyl sites for hydroxylation is 1. The monoisotopic (exact) mass is 442 g/mol. The van der Waals surface area contributed by atoms with Crippen molar-refractivity contribution >= 4 is 28.9 Å². The zero-order chi connectivity index (χ0) is 21.9. The van der Waals surface area contributed by atoms with Crippen LogP contribution in [0.5, 0.6) is 0 Å². The number of carbonyl (C=O) groups is 2. The number of anilines is 1. The number of rotatable bonds is 3. The molecule has 0 spiro atoms. The number of fused-ring (bicyclic) bond motifs is 1. The lowest BCUT2D eigenvalue weighted by atomic mass is 9.95. The van der Waals surface area contributed by atoms with E-state index in [0.717, 1.165) is 42.3 Å². The van der Waals surface area contributed by atoms with Crippen LogP contribution >= 0.6 is 11.3 Å². The van der Waals surface area contributed by atoms with Gasteiger partial charge in [-0.1, -0.05) is 0 Å². The van der Waals surface area contributed by atoms with E-state index in [2.05, 4.69) is 20.2 Å². The number of thiazole rings is 1. The van der Waals surface area contributed by atoms with Gasteiger partial charge in [0.2, 0.25) is 5.91 Å². The SMILES string of the molecule is Cc1nc(CN2CC[C@H]3[C@@H]2CCC(=O)N3c2cccnc2)cs1.O=C(O)C(F)(F)F. The minimum absolute atomic E-state index is 0.227. The Labute approximate surface area is 175 Å². The Hall–Kier alpha value is -2.53. The number of piperidine rings is 1. The van der Waals surface area contributed by atoms with E-state index >= 15 is 0 Å². The summed E-state index contributed by atoms with van der Waals surface area (Å²) in [6.45, 7) is 3.96. The molecule has 0 aliphatic carbocycles. The highest BCUT2D eigenvalue weighted by atomic mass is 32.1. The van der Waals surface area contributed by atoms with Gasteiger partial charge in [-0.2, -0.15) is 13.2 Å². The third-order valence-corrected chi connectivity index (χ3v) is 5.90. The molecule has 1 N–H and O–H groups in total. The van der Waals surface area contributed by atoms with Crippen LogP contribution in [0.25, 0.3) is 0 Å². The molecule has 2 fully saturated rings. The van der Waals surface area contributed by atoms with Gasteiger partial charge < -0.3 is 10.0 Å². The number of carboxylic acids is 1. The maximum Gasteiger partial charge on any atom is 0.490 e. The molecule has 0 saturated carbocycles. The molecule has 4 rings (SSSR count). The highest BCUT2D eigenvalue weighted by molar-refractivity contribution is 7.09. The predicted octanol–water partition coefficient (Wildman–Crippen LogP) is 3.25. The number of nitrogens with zero attached hydrogens (tertiary/aromatic N) is 4. The summed E-state index contributed by atoms with van der Waals surface area (Å²) in [6, 6.07) is 4.58. The van der Waals surface area contributed by atoms with Crippen LogP contribution in [0, 0.1) is 6.92 Å². The first-order chi connectivity index (χ1) is 14.2. The van der Waals surface area contributed by atoms with E-state index in [4.69, 9.17) is 9.90 Å². The Morgan fingerprint density at radius 1 is 1.33 bits per heavy atom. The van der Waals surface area contributed by atoms with E-state index in [9.17, 15) is 18.0 Å². The molecule has 0 radical (unpaired) electrons. The summed E-state index contributed by atoms with van der Waals surface area (Å²) in [5, 5.41) is 10.4. The lowest BCUT2D eigenvalue weighted by molar-refractivity contribution is -0.192. The van der Waals surface area contributed by atoms with Crippen LogP contribution in [0.3, 0.4) is 0 Å². The fourth-order valence-corrected chi connectivity index (χ4v) is 4.47. The third-order valence-electron chi connectivity index (χ3n) is 5.08. The lowest BCUT2D eigenvalue weighted by Crippen LogP contribution is -2.52. The highest BCUT2D eigenvalue weighted by Gasteiger charge is 2.43. The molecule has 0 aromatic carbocycles. The molecule has 7 nitrogen and oxygen atoms in total. The number of hydrogen-bond donors (Lipinski definition) is 1. The lowest BCUT2D eigenvalue weighted by Gasteiger charge is -2.39. The molecule has 2 atom stereocenters. The molecule has 4 heterocycles. The summed E-state index contributed by atoms with van der Waals surface area (Å²) in [7, 11) is 0. The van der Waals surface area contributed by atoms with E-state index in [1.165, 1.54) is 0 Å². The highest BCUT2D eigenvalue weighted by Crippen LogP contribution is 2.35. The molecule has 2 saturated heterocycles. The third kappa shape index (κ3) is 5.14. The minimum Gasteiger partial charge on any atom is -0.475 e. The topological polar surface area (TPSA) is 86.6 Å². The van der Waals surface area contributed by atoms with Crippen molar-refractivity contribution in [3.63, 3.8) is 0 Å². The van der Waals surface area contributed by atoms with Crippen LogP contribution in [-0.4, -0.2) is 56.7 Å². The predicted molar refractivity (Wildman–Crippen MR) is 104 cm³/mol. The van der Waals surface area contributed by atoms with Gasteiger partial charge in [0.1, 0.15) is 0 Å². The second-order valence-corrected chi connectivity index (χ2v) is 8.13.